The fourth-order valence-corrected chi connectivity index (χ4v) is 1.47. The Morgan fingerprint density at radius 2 is 1.33 bits per heavy atom. The van der Waals surface area contributed by atoms with Crippen LogP contribution in [0.3, 0.4) is 0 Å². The van der Waals surface area contributed by atoms with Gasteiger partial charge in [0.15, 0.2) is 0 Å². The Morgan fingerprint density at radius 1 is 0.889 bits per heavy atom. The van der Waals surface area contributed by atoms with Gasteiger partial charge in [-0.2, -0.15) is 0 Å². The van der Waals surface area contributed by atoms with E-state index in [1.807, 2.05) is 31.2 Å². The molecule has 0 N–H and O–H groups in total. The van der Waals surface area contributed by atoms with Crippen LogP contribution in [-0.4, -0.2) is 5.97 Å². The maximum atomic E-state index is 10.6. The van der Waals surface area contributed by atoms with E-state index in [0.29, 0.717) is 0 Å². The lowest BCUT2D eigenvalue weighted by Gasteiger charge is -2.00. The Hall–Kier alpha value is -2.53. The van der Waals surface area contributed by atoms with E-state index < -0.39 is 5.97 Å². The SMILES string of the molecule is Cc1ccc(C#Cc2ccc(C(=O)[O-])cc2)cc1. The number of aromatic carboxylic acids is 1. The first-order chi connectivity index (χ1) is 8.65. The first-order valence-electron chi connectivity index (χ1n) is 5.55. The first-order valence-corrected chi connectivity index (χ1v) is 5.55. The summed E-state index contributed by atoms with van der Waals surface area (Å²) in [6.07, 6.45) is 0. The summed E-state index contributed by atoms with van der Waals surface area (Å²) >= 11 is 0. The molecule has 0 aliphatic rings. The molecule has 0 saturated carbocycles. The van der Waals surface area contributed by atoms with Gasteiger partial charge < -0.3 is 9.90 Å². The fourth-order valence-electron chi connectivity index (χ4n) is 1.47. The van der Waals surface area contributed by atoms with E-state index in [4.69, 9.17) is 0 Å². The number of carbonyl (C=O) groups is 1. The highest BCUT2D eigenvalue weighted by Crippen LogP contribution is 2.04. The summed E-state index contributed by atoms with van der Waals surface area (Å²) in [4.78, 5) is 10.6. The van der Waals surface area contributed by atoms with E-state index in [1.165, 1.54) is 17.7 Å². The first kappa shape index (κ1) is 11.9. The number of carboxylic acid groups (broad SMARTS) is 1. The number of hydrogen-bond donors (Lipinski definition) is 0. The maximum absolute atomic E-state index is 10.6. The Morgan fingerprint density at radius 3 is 1.78 bits per heavy atom. The summed E-state index contributed by atoms with van der Waals surface area (Å²) in [5, 5.41) is 10.6. The van der Waals surface area contributed by atoms with E-state index >= 15 is 0 Å². The summed E-state index contributed by atoms with van der Waals surface area (Å²) in [6, 6.07) is 14.3. The van der Waals surface area contributed by atoms with Crippen LogP contribution in [0.15, 0.2) is 48.5 Å². The third-order valence-electron chi connectivity index (χ3n) is 2.52. The number of benzene rings is 2. The highest BCUT2D eigenvalue weighted by atomic mass is 16.4. The number of rotatable bonds is 1. The van der Waals surface area contributed by atoms with Crippen molar-refractivity contribution in [2.75, 3.05) is 0 Å². The van der Waals surface area contributed by atoms with Crippen LogP contribution in [0.5, 0.6) is 0 Å². The minimum atomic E-state index is -1.17. The molecule has 0 aliphatic heterocycles. The van der Waals surface area contributed by atoms with Crippen molar-refractivity contribution >= 4 is 5.97 Å². The van der Waals surface area contributed by atoms with Gasteiger partial charge in [0.25, 0.3) is 0 Å². The highest BCUT2D eigenvalue weighted by Gasteiger charge is 1.92. The molecule has 18 heavy (non-hydrogen) atoms. The number of carboxylic acids is 1. The lowest BCUT2D eigenvalue weighted by molar-refractivity contribution is -0.255. The predicted molar refractivity (Wildman–Crippen MR) is 67.9 cm³/mol. The van der Waals surface area contributed by atoms with Gasteiger partial charge in [-0.05, 0) is 36.8 Å². The van der Waals surface area contributed by atoms with Gasteiger partial charge in [-0.1, -0.05) is 41.7 Å². The van der Waals surface area contributed by atoms with E-state index in [1.54, 1.807) is 12.1 Å². The lowest BCUT2D eigenvalue weighted by atomic mass is 10.1. The van der Waals surface area contributed by atoms with Crippen LogP contribution in [0.25, 0.3) is 0 Å². The van der Waals surface area contributed by atoms with Crippen molar-refractivity contribution < 1.29 is 9.90 Å². The van der Waals surface area contributed by atoms with Crippen molar-refractivity contribution in [3.05, 3.63) is 70.8 Å². The molecule has 2 nitrogen and oxygen atoms in total. The van der Waals surface area contributed by atoms with Crippen molar-refractivity contribution in [1.82, 2.24) is 0 Å². The molecule has 0 bridgehead atoms. The maximum Gasteiger partial charge on any atom is 0.0715 e. The van der Waals surface area contributed by atoms with Crippen molar-refractivity contribution in [2.24, 2.45) is 0 Å². The topological polar surface area (TPSA) is 40.1 Å². The molecule has 2 aromatic rings. The van der Waals surface area contributed by atoms with Gasteiger partial charge >= 0.3 is 0 Å². The van der Waals surface area contributed by atoms with Crippen LogP contribution in [0.4, 0.5) is 0 Å². The van der Waals surface area contributed by atoms with Gasteiger partial charge in [-0.25, -0.2) is 0 Å². The van der Waals surface area contributed by atoms with Gasteiger partial charge in [0.05, 0.1) is 5.97 Å². The van der Waals surface area contributed by atoms with Crippen molar-refractivity contribution in [3.8, 4) is 11.8 Å². The molecule has 0 saturated heterocycles. The molecule has 0 fully saturated rings. The smallest absolute Gasteiger partial charge is 0.0715 e. The van der Waals surface area contributed by atoms with Crippen LogP contribution < -0.4 is 5.11 Å². The molecule has 0 aromatic heterocycles. The second kappa shape index (κ2) is 5.20. The molecule has 88 valence electrons. The molecule has 0 heterocycles. The third-order valence-corrected chi connectivity index (χ3v) is 2.52. The Bertz CT molecular complexity index is 611. The number of carbonyl (C=O) groups excluding carboxylic acids is 1. The average molecular weight is 235 g/mol. The van der Waals surface area contributed by atoms with E-state index in [0.717, 1.165) is 11.1 Å². The molecular weight excluding hydrogens is 224 g/mol. The summed E-state index contributed by atoms with van der Waals surface area (Å²) in [5.41, 5.74) is 3.07. The van der Waals surface area contributed by atoms with Crippen LogP contribution in [-0.2, 0) is 0 Å². The number of aryl methyl sites for hydroxylation is 1. The molecule has 2 aromatic carbocycles. The molecule has 0 aliphatic carbocycles. The molecule has 0 radical (unpaired) electrons. The molecule has 0 unspecified atom stereocenters. The largest absolute Gasteiger partial charge is 0.545 e. The third kappa shape index (κ3) is 2.99. The van der Waals surface area contributed by atoms with Gasteiger partial charge in [0.2, 0.25) is 0 Å². The summed E-state index contributed by atoms with van der Waals surface area (Å²) in [7, 11) is 0. The molecule has 2 heteroatoms. The second-order valence-corrected chi connectivity index (χ2v) is 3.98. The van der Waals surface area contributed by atoms with Gasteiger partial charge in [-0.3, -0.25) is 0 Å². The lowest BCUT2D eigenvalue weighted by Crippen LogP contribution is -2.21. The second-order valence-electron chi connectivity index (χ2n) is 3.98. The average Bonchev–Trinajstić information content (AvgIpc) is 2.38. The zero-order valence-electron chi connectivity index (χ0n) is 9.94. The minimum Gasteiger partial charge on any atom is -0.545 e. The minimum absolute atomic E-state index is 0.163. The molecule has 0 spiro atoms. The van der Waals surface area contributed by atoms with Gasteiger partial charge in [0, 0.05) is 11.1 Å². The van der Waals surface area contributed by atoms with Crippen molar-refractivity contribution in [1.29, 1.82) is 0 Å². The fraction of sp³-hybridized carbons (Fsp3) is 0.0625. The molecular formula is C16H11O2-. The van der Waals surface area contributed by atoms with Crippen molar-refractivity contribution in [2.45, 2.75) is 6.92 Å². The van der Waals surface area contributed by atoms with E-state index in [2.05, 4.69) is 11.8 Å². The van der Waals surface area contributed by atoms with Crippen LogP contribution in [0.2, 0.25) is 0 Å². The zero-order chi connectivity index (χ0) is 13.0. The zero-order valence-corrected chi connectivity index (χ0v) is 9.94. The van der Waals surface area contributed by atoms with E-state index in [-0.39, 0.29) is 5.56 Å². The number of hydrogen-bond acceptors (Lipinski definition) is 2. The Kier molecular flexibility index (Phi) is 3.45. The van der Waals surface area contributed by atoms with Crippen molar-refractivity contribution in [3.63, 3.8) is 0 Å². The highest BCUT2D eigenvalue weighted by molar-refractivity contribution is 5.85. The van der Waals surface area contributed by atoms with Gasteiger partial charge in [-0.15, -0.1) is 0 Å². The van der Waals surface area contributed by atoms with Crippen LogP contribution >= 0.6 is 0 Å². The monoisotopic (exact) mass is 235 g/mol. The van der Waals surface area contributed by atoms with Gasteiger partial charge in [0.1, 0.15) is 0 Å². The summed E-state index contributed by atoms with van der Waals surface area (Å²) in [6.45, 7) is 2.02. The quantitative estimate of drug-likeness (QED) is 0.706. The summed E-state index contributed by atoms with van der Waals surface area (Å²) in [5.74, 6) is 4.83. The predicted octanol–water partition coefficient (Wildman–Crippen LogP) is 1.76. The normalized spacial score (nSPS) is 9.39. The van der Waals surface area contributed by atoms with E-state index in [9.17, 15) is 9.90 Å². The van der Waals surface area contributed by atoms with Crippen LogP contribution in [0.1, 0.15) is 27.0 Å². The Labute approximate surface area is 106 Å². The van der Waals surface area contributed by atoms with Crippen LogP contribution in [0, 0.1) is 18.8 Å². The molecule has 0 atom stereocenters. The standard InChI is InChI=1S/C16H12O2/c1-12-2-4-13(5-3-12)6-7-14-8-10-15(11-9-14)16(17)18/h2-5,8-11H,1H3,(H,17,18)/p-1. The summed E-state index contributed by atoms with van der Waals surface area (Å²) < 4.78 is 0. The molecule has 0 amide bonds. The Balaban J connectivity index is 2.19. The molecule has 2 rings (SSSR count).